The van der Waals surface area contributed by atoms with Gasteiger partial charge < -0.3 is 4.98 Å². The van der Waals surface area contributed by atoms with Gasteiger partial charge in [-0.2, -0.15) is 0 Å². The van der Waals surface area contributed by atoms with Crippen LogP contribution in [-0.2, 0) is 0 Å². The van der Waals surface area contributed by atoms with Crippen LogP contribution in [0.1, 0.15) is 5.56 Å². The molecular weight excluding hydrogens is 452 g/mol. The van der Waals surface area contributed by atoms with Gasteiger partial charge in [-0.1, -0.05) is 72.8 Å². The fourth-order valence-electron chi connectivity index (χ4n) is 5.79. The quantitative estimate of drug-likeness (QED) is 0.274. The molecular formula is C33H22N4. The Morgan fingerprint density at radius 2 is 1.41 bits per heavy atom. The number of aromatic nitrogens is 4. The maximum atomic E-state index is 5.25. The average Bonchev–Trinajstić information content (AvgIpc) is 3.54. The Hall–Kier alpha value is -4.96. The Kier molecular flexibility index (Phi) is 4.12. The van der Waals surface area contributed by atoms with Gasteiger partial charge in [-0.05, 0) is 48.2 Å². The standard InChI is InChI=1S/C33H22N4/c1-20-17-27-26-19-29-22(15-16-34-29)18-30(26)37(32(27)24-12-6-5-11-23(20)24)33-35-28-14-8-7-13-25(28)31(36-33)21-9-3-2-4-10-21/h2-19,34H,1H3. The van der Waals surface area contributed by atoms with Crippen molar-refractivity contribution in [3.8, 4) is 17.2 Å². The molecule has 0 aliphatic carbocycles. The van der Waals surface area contributed by atoms with Crippen LogP contribution in [0.5, 0.6) is 0 Å². The molecule has 0 fully saturated rings. The normalized spacial score (nSPS) is 11.9. The van der Waals surface area contributed by atoms with E-state index in [1.54, 1.807) is 0 Å². The third kappa shape index (κ3) is 2.90. The smallest absolute Gasteiger partial charge is 0.235 e. The van der Waals surface area contributed by atoms with Crippen molar-refractivity contribution >= 4 is 54.4 Å². The summed E-state index contributed by atoms with van der Waals surface area (Å²) >= 11 is 0. The zero-order chi connectivity index (χ0) is 24.5. The van der Waals surface area contributed by atoms with Crippen molar-refractivity contribution in [2.45, 2.75) is 6.92 Å². The summed E-state index contributed by atoms with van der Waals surface area (Å²) in [6.45, 7) is 2.19. The van der Waals surface area contributed by atoms with E-state index >= 15 is 0 Å². The van der Waals surface area contributed by atoms with Crippen LogP contribution in [0.4, 0.5) is 0 Å². The first-order valence-corrected chi connectivity index (χ1v) is 12.5. The number of H-pyrrole nitrogens is 1. The van der Waals surface area contributed by atoms with E-state index in [1.807, 2.05) is 18.3 Å². The van der Waals surface area contributed by atoms with Gasteiger partial charge >= 0.3 is 0 Å². The van der Waals surface area contributed by atoms with E-state index in [-0.39, 0.29) is 0 Å². The van der Waals surface area contributed by atoms with Crippen LogP contribution in [0.15, 0.2) is 109 Å². The molecule has 0 aliphatic rings. The second-order valence-electron chi connectivity index (χ2n) is 9.66. The molecule has 0 unspecified atom stereocenters. The molecule has 0 saturated heterocycles. The number of hydrogen-bond donors (Lipinski definition) is 1. The lowest BCUT2D eigenvalue weighted by atomic mass is 10.0. The van der Waals surface area contributed by atoms with Gasteiger partial charge in [-0.15, -0.1) is 0 Å². The molecule has 0 bridgehead atoms. The van der Waals surface area contributed by atoms with E-state index in [2.05, 4.69) is 107 Å². The molecule has 3 aromatic heterocycles. The van der Waals surface area contributed by atoms with Crippen LogP contribution in [0.3, 0.4) is 0 Å². The molecule has 0 atom stereocenters. The lowest BCUT2D eigenvalue weighted by Gasteiger charge is -2.13. The number of aromatic amines is 1. The van der Waals surface area contributed by atoms with Gasteiger partial charge in [0.25, 0.3) is 0 Å². The first-order chi connectivity index (χ1) is 18.3. The van der Waals surface area contributed by atoms with Crippen LogP contribution >= 0.6 is 0 Å². The molecule has 4 nitrogen and oxygen atoms in total. The molecule has 1 N–H and O–H groups in total. The number of nitrogens with zero attached hydrogens (tertiary/aromatic N) is 3. The summed E-state index contributed by atoms with van der Waals surface area (Å²) < 4.78 is 2.26. The minimum absolute atomic E-state index is 0.682. The summed E-state index contributed by atoms with van der Waals surface area (Å²) in [6.07, 6.45) is 2.00. The number of aryl methyl sites for hydroxylation is 1. The SMILES string of the molecule is Cc1cc2c3cc4[nH]ccc4cc3n(-c3nc(-c4ccccc4)c4ccccc4n3)c2c2ccccc12. The molecule has 0 saturated carbocycles. The Bertz CT molecular complexity index is 2150. The highest BCUT2D eigenvalue weighted by atomic mass is 15.2. The van der Waals surface area contributed by atoms with E-state index in [1.165, 1.54) is 32.5 Å². The Morgan fingerprint density at radius 3 is 2.27 bits per heavy atom. The fraction of sp³-hybridized carbons (Fsp3) is 0.0303. The molecule has 0 spiro atoms. The molecule has 0 aliphatic heterocycles. The van der Waals surface area contributed by atoms with Crippen molar-refractivity contribution in [1.82, 2.24) is 19.5 Å². The van der Waals surface area contributed by atoms with E-state index in [9.17, 15) is 0 Å². The molecule has 174 valence electrons. The highest BCUT2D eigenvalue weighted by molar-refractivity contribution is 6.21. The summed E-state index contributed by atoms with van der Waals surface area (Å²) in [5.74, 6) is 0.682. The summed E-state index contributed by atoms with van der Waals surface area (Å²) in [7, 11) is 0. The molecule has 3 heterocycles. The predicted octanol–water partition coefficient (Wildman–Crippen LogP) is 8.34. The van der Waals surface area contributed by atoms with Gasteiger partial charge in [0.1, 0.15) is 0 Å². The maximum Gasteiger partial charge on any atom is 0.235 e. The van der Waals surface area contributed by atoms with Gasteiger partial charge in [-0.3, -0.25) is 4.57 Å². The second kappa shape index (κ2) is 7.52. The number of rotatable bonds is 2. The Morgan fingerprint density at radius 1 is 0.649 bits per heavy atom. The molecule has 0 radical (unpaired) electrons. The van der Waals surface area contributed by atoms with Crippen LogP contribution in [0.2, 0.25) is 0 Å². The molecule has 0 amide bonds. The van der Waals surface area contributed by atoms with Crippen LogP contribution < -0.4 is 0 Å². The lowest BCUT2D eigenvalue weighted by Crippen LogP contribution is -2.04. The Labute approximate surface area is 212 Å². The zero-order valence-electron chi connectivity index (χ0n) is 20.2. The van der Waals surface area contributed by atoms with Gasteiger partial charge in [0.05, 0.1) is 22.2 Å². The summed E-state index contributed by atoms with van der Waals surface area (Å²) in [4.78, 5) is 13.8. The van der Waals surface area contributed by atoms with Crippen LogP contribution in [0.25, 0.3) is 71.6 Å². The summed E-state index contributed by atoms with van der Waals surface area (Å²) in [5, 5.41) is 7.07. The van der Waals surface area contributed by atoms with E-state index in [0.717, 1.165) is 38.7 Å². The highest BCUT2D eigenvalue weighted by Gasteiger charge is 2.20. The first-order valence-electron chi connectivity index (χ1n) is 12.5. The van der Waals surface area contributed by atoms with Crippen molar-refractivity contribution in [1.29, 1.82) is 0 Å². The predicted molar refractivity (Wildman–Crippen MR) is 153 cm³/mol. The minimum Gasteiger partial charge on any atom is -0.361 e. The fourth-order valence-corrected chi connectivity index (χ4v) is 5.79. The number of hydrogen-bond acceptors (Lipinski definition) is 2. The number of benzene rings is 5. The second-order valence-corrected chi connectivity index (χ2v) is 9.66. The van der Waals surface area contributed by atoms with E-state index in [0.29, 0.717) is 5.95 Å². The topological polar surface area (TPSA) is 46.5 Å². The van der Waals surface area contributed by atoms with Crippen LogP contribution in [0, 0.1) is 6.92 Å². The third-order valence-electron chi connectivity index (χ3n) is 7.49. The lowest BCUT2D eigenvalue weighted by molar-refractivity contribution is 1.02. The van der Waals surface area contributed by atoms with E-state index < -0.39 is 0 Å². The monoisotopic (exact) mass is 474 g/mol. The Balaban J connectivity index is 1.59. The molecule has 8 aromatic rings. The number of fused-ring (bicyclic) bond motifs is 7. The summed E-state index contributed by atoms with van der Waals surface area (Å²) in [6, 6.07) is 36.3. The molecule has 37 heavy (non-hydrogen) atoms. The number of nitrogens with one attached hydrogen (secondary N) is 1. The van der Waals surface area contributed by atoms with Crippen molar-refractivity contribution in [2.75, 3.05) is 0 Å². The van der Waals surface area contributed by atoms with Crippen molar-refractivity contribution < 1.29 is 0 Å². The zero-order valence-corrected chi connectivity index (χ0v) is 20.2. The molecule has 5 aromatic carbocycles. The minimum atomic E-state index is 0.682. The average molecular weight is 475 g/mol. The van der Waals surface area contributed by atoms with Gasteiger partial charge in [-0.25, -0.2) is 9.97 Å². The highest BCUT2D eigenvalue weighted by Crippen LogP contribution is 2.39. The largest absolute Gasteiger partial charge is 0.361 e. The van der Waals surface area contributed by atoms with Gasteiger partial charge in [0.2, 0.25) is 5.95 Å². The van der Waals surface area contributed by atoms with Gasteiger partial charge in [0.15, 0.2) is 0 Å². The van der Waals surface area contributed by atoms with E-state index in [4.69, 9.17) is 9.97 Å². The maximum absolute atomic E-state index is 5.25. The van der Waals surface area contributed by atoms with Gasteiger partial charge in [0, 0.05) is 44.2 Å². The molecule has 4 heteroatoms. The van der Waals surface area contributed by atoms with Crippen molar-refractivity contribution in [3.05, 3.63) is 115 Å². The third-order valence-corrected chi connectivity index (χ3v) is 7.49. The van der Waals surface area contributed by atoms with Crippen molar-refractivity contribution in [2.24, 2.45) is 0 Å². The number of para-hydroxylation sites is 1. The molecule has 8 rings (SSSR count). The first kappa shape index (κ1) is 20.3. The van der Waals surface area contributed by atoms with Crippen molar-refractivity contribution in [3.63, 3.8) is 0 Å². The van der Waals surface area contributed by atoms with Crippen LogP contribution in [-0.4, -0.2) is 19.5 Å². The summed E-state index contributed by atoms with van der Waals surface area (Å²) in [5.41, 5.74) is 7.58.